The first kappa shape index (κ1) is 8.51. The van der Waals surface area contributed by atoms with Gasteiger partial charge in [-0.2, -0.15) is 0 Å². The van der Waals surface area contributed by atoms with Gasteiger partial charge in [0.05, 0.1) is 6.33 Å². The van der Waals surface area contributed by atoms with Gasteiger partial charge in [-0.05, 0) is 31.9 Å². The summed E-state index contributed by atoms with van der Waals surface area (Å²) >= 11 is 1.88. The SMILES string of the molecule is Cc1ccc(CCc2cnc[nH]2)s1. The maximum atomic E-state index is 3.99. The molecule has 13 heavy (non-hydrogen) atoms. The van der Waals surface area contributed by atoms with E-state index in [1.165, 1.54) is 15.4 Å². The van der Waals surface area contributed by atoms with Crippen LogP contribution in [0.4, 0.5) is 0 Å². The molecule has 0 aliphatic heterocycles. The Hall–Kier alpha value is -1.09. The Morgan fingerprint density at radius 2 is 2.31 bits per heavy atom. The lowest BCUT2D eigenvalue weighted by Crippen LogP contribution is -1.87. The van der Waals surface area contributed by atoms with Crippen LogP contribution in [0.1, 0.15) is 15.4 Å². The normalized spacial score (nSPS) is 10.5. The fraction of sp³-hybridized carbons (Fsp3) is 0.300. The number of hydrogen-bond acceptors (Lipinski definition) is 2. The highest BCUT2D eigenvalue weighted by Gasteiger charge is 1.98. The zero-order valence-electron chi connectivity index (χ0n) is 7.58. The van der Waals surface area contributed by atoms with E-state index in [4.69, 9.17) is 0 Å². The van der Waals surface area contributed by atoms with Crippen LogP contribution in [0, 0.1) is 6.92 Å². The maximum absolute atomic E-state index is 3.99. The van der Waals surface area contributed by atoms with Crippen molar-refractivity contribution in [1.82, 2.24) is 9.97 Å². The van der Waals surface area contributed by atoms with Gasteiger partial charge in [-0.15, -0.1) is 11.3 Å². The molecule has 0 spiro atoms. The van der Waals surface area contributed by atoms with E-state index < -0.39 is 0 Å². The summed E-state index contributed by atoms with van der Waals surface area (Å²) in [5.41, 5.74) is 1.21. The van der Waals surface area contributed by atoms with Crippen molar-refractivity contribution in [3.8, 4) is 0 Å². The summed E-state index contributed by atoms with van der Waals surface area (Å²) in [4.78, 5) is 9.93. The molecule has 0 saturated heterocycles. The zero-order valence-corrected chi connectivity index (χ0v) is 8.40. The van der Waals surface area contributed by atoms with Gasteiger partial charge in [-0.3, -0.25) is 0 Å². The molecule has 2 aromatic heterocycles. The Labute approximate surface area is 81.7 Å². The Morgan fingerprint density at radius 3 is 2.92 bits per heavy atom. The summed E-state index contributed by atoms with van der Waals surface area (Å²) in [5.74, 6) is 0. The first-order valence-corrected chi connectivity index (χ1v) is 5.19. The highest BCUT2D eigenvalue weighted by molar-refractivity contribution is 7.11. The smallest absolute Gasteiger partial charge is 0.0921 e. The van der Waals surface area contributed by atoms with Crippen molar-refractivity contribution in [2.45, 2.75) is 19.8 Å². The number of nitrogens with zero attached hydrogens (tertiary/aromatic N) is 1. The molecular weight excluding hydrogens is 180 g/mol. The molecule has 0 saturated carbocycles. The van der Waals surface area contributed by atoms with Crippen molar-refractivity contribution >= 4 is 11.3 Å². The fourth-order valence-corrected chi connectivity index (χ4v) is 2.19. The minimum atomic E-state index is 1.06. The van der Waals surface area contributed by atoms with E-state index in [1.807, 2.05) is 17.5 Å². The Bertz CT molecular complexity index is 362. The second-order valence-electron chi connectivity index (χ2n) is 3.09. The molecule has 0 radical (unpaired) electrons. The van der Waals surface area contributed by atoms with E-state index in [-0.39, 0.29) is 0 Å². The Balaban J connectivity index is 1.93. The van der Waals surface area contributed by atoms with Crippen molar-refractivity contribution in [3.05, 3.63) is 40.1 Å². The molecule has 2 nitrogen and oxygen atoms in total. The number of thiophene rings is 1. The molecule has 0 aliphatic rings. The van der Waals surface area contributed by atoms with Crippen LogP contribution in [0.25, 0.3) is 0 Å². The summed E-state index contributed by atoms with van der Waals surface area (Å²) in [6.07, 6.45) is 5.79. The second-order valence-corrected chi connectivity index (χ2v) is 4.46. The lowest BCUT2D eigenvalue weighted by atomic mass is 10.2. The number of hydrogen-bond donors (Lipinski definition) is 1. The molecule has 0 amide bonds. The molecule has 0 fully saturated rings. The molecule has 0 atom stereocenters. The molecule has 0 unspecified atom stereocenters. The standard InChI is InChI=1S/C10H12N2S/c1-8-2-4-10(13-8)5-3-9-6-11-7-12-9/h2,4,6-7H,3,5H2,1H3,(H,11,12). The number of H-pyrrole nitrogens is 1. The van der Waals surface area contributed by atoms with Gasteiger partial charge in [0.2, 0.25) is 0 Å². The van der Waals surface area contributed by atoms with Gasteiger partial charge in [-0.1, -0.05) is 0 Å². The van der Waals surface area contributed by atoms with Crippen LogP contribution in [-0.2, 0) is 12.8 Å². The van der Waals surface area contributed by atoms with E-state index in [0.29, 0.717) is 0 Å². The van der Waals surface area contributed by atoms with Crippen molar-refractivity contribution in [3.63, 3.8) is 0 Å². The lowest BCUT2D eigenvalue weighted by molar-refractivity contribution is 0.942. The average molecular weight is 192 g/mol. The van der Waals surface area contributed by atoms with Crippen molar-refractivity contribution < 1.29 is 0 Å². The van der Waals surface area contributed by atoms with Gasteiger partial charge in [-0.25, -0.2) is 4.98 Å². The predicted molar refractivity (Wildman–Crippen MR) is 55.1 cm³/mol. The van der Waals surface area contributed by atoms with Crippen LogP contribution in [0.5, 0.6) is 0 Å². The monoisotopic (exact) mass is 192 g/mol. The molecule has 0 aromatic carbocycles. The second kappa shape index (κ2) is 3.75. The molecular formula is C10H12N2S. The van der Waals surface area contributed by atoms with E-state index in [2.05, 4.69) is 29.0 Å². The van der Waals surface area contributed by atoms with Gasteiger partial charge in [0, 0.05) is 21.6 Å². The molecule has 0 aliphatic carbocycles. The minimum absolute atomic E-state index is 1.06. The van der Waals surface area contributed by atoms with E-state index in [0.717, 1.165) is 12.8 Å². The zero-order chi connectivity index (χ0) is 9.10. The van der Waals surface area contributed by atoms with E-state index in [1.54, 1.807) is 6.33 Å². The Kier molecular flexibility index (Phi) is 2.45. The average Bonchev–Trinajstić information content (AvgIpc) is 2.71. The molecule has 2 rings (SSSR count). The largest absolute Gasteiger partial charge is 0.348 e. The highest BCUT2D eigenvalue weighted by atomic mass is 32.1. The van der Waals surface area contributed by atoms with Gasteiger partial charge < -0.3 is 4.98 Å². The number of aromatic amines is 1. The van der Waals surface area contributed by atoms with Gasteiger partial charge in [0.25, 0.3) is 0 Å². The molecule has 2 aromatic rings. The summed E-state index contributed by atoms with van der Waals surface area (Å²) in [5, 5.41) is 0. The van der Waals surface area contributed by atoms with Crippen molar-refractivity contribution in [2.75, 3.05) is 0 Å². The number of rotatable bonds is 3. The number of aromatic nitrogens is 2. The van der Waals surface area contributed by atoms with Crippen LogP contribution >= 0.6 is 11.3 Å². The van der Waals surface area contributed by atoms with Crippen LogP contribution in [0.2, 0.25) is 0 Å². The van der Waals surface area contributed by atoms with Crippen LogP contribution in [0.15, 0.2) is 24.7 Å². The first-order valence-electron chi connectivity index (χ1n) is 4.37. The van der Waals surface area contributed by atoms with Gasteiger partial charge >= 0.3 is 0 Å². The van der Waals surface area contributed by atoms with Crippen molar-refractivity contribution in [1.29, 1.82) is 0 Å². The molecule has 3 heteroatoms. The summed E-state index contributed by atoms with van der Waals surface area (Å²) in [6, 6.07) is 4.38. The fourth-order valence-electron chi connectivity index (χ4n) is 1.30. The third kappa shape index (κ3) is 2.18. The van der Waals surface area contributed by atoms with Crippen molar-refractivity contribution in [2.24, 2.45) is 0 Å². The summed E-state index contributed by atoms with van der Waals surface area (Å²) in [7, 11) is 0. The third-order valence-corrected chi connectivity index (χ3v) is 3.05. The topological polar surface area (TPSA) is 28.7 Å². The molecule has 2 heterocycles. The predicted octanol–water partition coefficient (Wildman–Crippen LogP) is 2.56. The van der Waals surface area contributed by atoms with Gasteiger partial charge in [0.1, 0.15) is 0 Å². The minimum Gasteiger partial charge on any atom is -0.348 e. The van der Waals surface area contributed by atoms with Crippen LogP contribution < -0.4 is 0 Å². The summed E-state index contributed by atoms with van der Waals surface area (Å²) < 4.78 is 0. The number of aryl methyl sites for hydroxylation is 3. The maximum Gasteiger partial charge on any atom is 0.0921 e. The lowest BCUT2D eigenvalue weighted by Gasteiger charge is -1.93. The Morgan fingerprint density at radius 1 is 1.38 bits per heavy atom. The third-order valence-electron chi connectivity index (χ3n) is 1.99. The van der Waals surface area contributed by atoms with Crippen LogP contribution in [-0.4, -0.2) is 9.97 Å². The quantitative estimate of drug-likeness (QED) is 0.795. The number of nitrogens with one attached hydrogen (secondary N) is 1. The summed E-state index contributed by atoms with van der Waals surface area (Å²) in [6.45, 7) is 2.14. The van der Waals surface area contributed by atoms with Crippen LogP contribution in [0.3, 0.4) is 0 Å². The molecule has 0 bridgehead atoms. The van der Waals surface area contributed by atoms with E-state index >= 15 is 0 Å². The highest BCUT2D eigenvalue weighted by Crippen LogP contribution is 2.16. The molecule has 1 N–H and O–H groups in total. The first-order chi connectivity index (χ1) is 6.34. The van der Waals surface area contributed by atoms with Gasteiger partial charge in [0.15, 0.2) is 0 Å². The molecule has 68 valence electrons. The number of imidazole rings is 1. The van der Waals surface area contributed by atoms with E-state index in [9.17, 15) is 0 Å².